The van der Waals surface area contributed by atoms with Crippen LogP contribution in [0.2, 0.25) is 5.02 Å². The molecular formula is C28H28ClF3N10O4. The Balaban J connectivity index is 1.06. The number of halogens is 4. The zero-order chi connectivity index (χ0) is 32.9. The lowest BCUT2D eigenvalue weighted by Gasteiger charge is -2.24. The molecule has 1 saturated carbocycles. The Morgan fingerprint density at radius 2 is 1.91 bits per heavy atom. The highest BCUT2D eigenvalue weighted by Crippen LogP contribution is 2.45. The summed E-state index contributed by atoms with van der Waals surface area (Å²) in [4.78, 5) is 44.2. The molecule has 4 amide bonds. The summed E-state index contributed by atoms with van der Waals surface area (Å²) in [5.74, 6) is -1.14. The molecule has 5 N–H and O–H groups in total. The molecule has 242 valence electrons. The number of aliphatic hydroxyl groups excluding tert-OH is 1. The number of nitrogens with zero attached hydrogens (tertiary/aromatic N) is 6. The minimum Gasteiger partial charge on any atom is -0.390 e. The number of nitrogens with one attached hydrogen (secondary N) is 4. The molecule has 3 fully saturated rings. The number of aliphatic hydroxyl groups is 1. The normalized spacial score (nSPS) is 23.5. The van der Waals surface area contributed by atoms with Crippen LogP contribution in [0.4, 0.5) is 23.7 Å². The number of imidazole rings is 1. The standard InChI is InChI=1S/C28H28ClF3N10O4/c1-40-20(17-12-42(5-4-33)39-23(17)28(30,31)32)8-35-24(40)26(45)36-13-2-3-14(18(29)6-13)25(44)38-22-15-10-41(11-16(15)22)27(46)37-19-7-34-9-21(19)43/h2-3,6,8,12,15-16,19,21-22,34,43H,5,7,9-11H2,1H3,(H,36,45)(H,37,46)(H,38,44). The van der Waals surface area contributed by atoms with E-state index in [0.29, 0.717) is 26.2 Å². The number of anilines is 1. The van der Waals surface area contributed by atoms with Gasteiger partial charge in [0.25, 0.3) is 11.8 Å². The molecule has 4 atom stereocenters. The summed E-state index contributed by atoms with van der Waals surface area (Å²) in [5, 5.41) is 33.7. The number of carbonyl (C=O) groups is 3. The first-order chi connectivity index (χ1) is 21.8. The number of piperidine rings is 1. The van der Waals surface area contributed by atoms with Crippen molar-refractivity contribution in [3.63, 3.8) is 0 Å². The van der Waals surface area contributed by atoms with Gasteiger partial charge in [-0.25, -0.2) is 9.78 Å². The maximum absolute atomic E-state index is 13.6. The van der Waals surface area contributed by atoms with E-state index in [-0.39, 0.29) is 63.3 Å². The third kappa shape index (κ3) is 5.98. The lowest BCUT2D eigenvalue weighted by atomic mass is 10.2. The molecular weight excluding hydrogens is 633 g/mol. The van der Waals surface area contributed by atoms with Gasteiger partial charge in [0.1, 0.15) is 6.54 Å². The Morgan fingerprint density at radius 3 is 2.54 bits per heavy atom. The van der Waals surface area contributed by atoms with Crippen LogP contribution in [0, 0.1) is 23.2 Å². The van der Waals surface area contributed by atoms with E-state index >= 15 is 0 Å². The summed E-state index contributed by atoms with van der Waals surface area (Å²) in [7, 11) is 1.37. The van der Waals surface area contributed by atoms with E-state index in [1.807, 2.05) is 0 Å². The van der Waals surface area contributed by atoms with E-state index in [4.69, 9.17) is 16.9 Å². The molecule has 1 aliphatic carbocycles. The average molecular weight is 661 g/mol. The maximum atomic E-state index is 13.6. The molecule has 4 heterocycles. The largest absolute Gasteiger partial charge is 0.435 e. The molecule has 6 rings (SSSR count). The molecule has 3 aliphatic rings. The number of fused-ring (bicyclic) bond motifs is 1. The van der Waals surface area contributed by atoms with Crippen LogP contribution in [0.25, 0.3) is 11.3 Å². The van der Waals surface area contributed by atoms with Gasteiger partial charge in [0, 0.05) is 63.0 Å². The Bertz CT molecular complexity index is 1740. The van der Waals surface area contributed by atoms with Gasteiger partial charge in [0.2, 0.25) is 0 Å². The molecule has 14 nitrogen and oxygen atoms in total. The Hall–Kier alpha value is -4.66. The van der Waals surface area contributed by atoms with Crippen molar-refractivity contribution in [2.75, 3.05) is 31.5 Å². The monoisotopic (exact) mass is 660 g/mol. The van der Waals surface area contributed by atoms with Crippen molar-refractivity contribution in [3.8, 4) is 17.3 Å². The van der Waals surface area contributed by atoms with Gasteiger partial charge < -0.3 is 35.8 Å². The predicted octanol–water partition coefficient (Wildman–Crippen LogP) is 1.43. The van der Waals surface area contributed by atoms with Gasteiger partial charge in [0.15, 0.2) is 11.5 Å². The molecule has 46 heavy (non-hydrogen) atoms. The third-order valence-electron chi connectivity index (χ3n) is 8.47. The van der Waals surface area contributed by atoms with E-state index in [0.717, 1.165) is 17.1 Å². The summed E-state index contributed by atoms with van der Waals surface area (Å²) >= 11 is 6.38. The summed E-state index contributed by atoms with van der Waals surface area (Å²) in [5.41, 5.74) is -1.19. The first kappa shape index (κ1) is 31.3. The number of nitriles is 1. The third-order valence-corrected chi connectivity index (χ3v) is 8.78. The quantitative estimate of drug-likeness (QED) is 0.252. The molecule has 0 radical (unpaired) electrons. The first-order valence-corrected chi connectivity index (χ1v) is 14.6. The lowest BCUT2D eigenvalue weighted by Crippen LogP contribution is -2.49. The second-order valence-corrected chi connectivity index (χ2v) is 11.8. The van der Waals surface area contributed by atoms with Crippen molar-refractivity contribution in [2.45, 2.75) is 30.9 Å². The Morgan fingerprint density at radius 1 is 1.17 bits per heavy atom. The van der Waals surface area contributed by atoms with Crippen LogP contribution < -0.4 is 21.3 Å². The highest BCUT2D eigenvalue weighted by molar-refractivity contribution is 6.34. The van der Waals surface area contributed by atoms with Gasteiger partial charge in [-0.2, -0.15) is 23.5 Å². The average Bonchev–Trinajstić information content (AvgIpc) is 3.55. The fraction of sp³-hybridized carbons (Fsp3) is 0.429. The van der Waals surface area contributed by atoms with Gasteiger partial charge in [-0.05, 0) is 18.2 Å². The number of hydrogen-bond acceptors (Lipinski definition) is 8. The van der Waals surface area contributed by atoms with Crippen molar-refractivity contribution in [1.29, 1.82) is 5.26 Å². The predicted molar refractivity (Wildman–Crippen MR) is 155 cm³/mol. The van der Waals surface area contributed by atoms with E-state index in [1.165, 1.54) is 29.8 Å². The number of amides is 4. The van der Waals surface area contributed by atoms with Crippen molar-refractivity contribution in [3.05, 3.63) is 52.7 Å². The molecule has 2 aromatic heterocycles. The SMILES string of the molecule is Cn1c(-c2cn(CC#N)nc2C(F)(F)F)cnc1C(=O)Nc1ccc(C(=O)NC2C3CN(C(=O)NC4CNCC4O)CC32)c(Cl)c1. The number of carbonyl (C=O) groups excluding carboxylic acids is 3. The van der Waals surface area contributed by atoms with Crippen LogP contribution in [0.3, 0.4) is 0 Å². The highest BCUT2D eigenvalue weighted by atomic mass is 35.5. The Kier molecular flexibility index (Phi) is 8.12. The van der Waals surface area contributed by atoms with E-state index in [9.17, 15) is 32.7 Å². The zero-order valence-electron chi connectivity index (χ0n) is 24.2. The van der Waals surface area contributed by atoms with E-state index in [2.05, 4.69) is 31.3 Å². The lowest BCUT2D eigenvalue weighted by molar-refractivity contribution is -0.141. The van der Waals surface area contributed by atoms with Crippen LogP contribution in [0.15, 0.2) is 30.6 Å². The second-order valence-electron chi connectivity index (χ2n) is 11.4. The van der Waals surface area contributed by atoms with Gasteiger partial charge in [-0.3, -0.25) is 14.3 Å². The molecule has 4 unspecified atom stereocenters. The molecule has 18 heteroatoms. The summed E-state index contributed by atoms with van der Waals surface area (Å²) in [6.07, 6.45) is -3.26. The van der Waals surface area contributed by atoms with Crippen LogP contribution >= 0.6 is 11.6 Å². The van der Waals surface area contributed by atoms with Crippen molar-refractivity contribution < 1.29 is 32.7 Å². The van der Waals surface area contributed by atoms with Crippen molar-refractivity contribution in [1.82, 2.24) is 40.2 Å². The molecule has 2 saturated heterocycles. The van der Waals surface area contributed by atoms with Crippen LogP contribution in [0.5, 0.6) is 0 Å². The number of β-amino-alcohol motifs (C(OH)–C–C–N with tert-alkyl or cyclic N) is 1. The zero-order valence-corrected chi connectivity index (χ0v) is 24.9. The number of urea groups is 1. The van der Waals surface area contributed by atoms with Crippen LogP contribution in [-0.2, 0) is 19.8 Å². The number of hydrogen-bond donors (Lipinski definition) is 5. The minimum absolute atomic E-state index is 0.0368. The van der Waals surface area contributed by atoms with Crippen LogP contribution in [0.1, 0.15) is 26.7 Å². The highest BCUT2D eigenvalue weighted by Gasteiger charge is 2.57. The van der Waals surface area contributed by atoms with Gasteiger partial charge in [-0.1, -0.05) is 11.6 Å². The molecule has 3 aromatic rings. The maximum Gasteiger partial charge on any atom is 0.435 e. The summed E-state index contributed by atoms with van der Waals surface area (Å²) in [6, 6.07) is 5.31. The topological polar surface area (TPSA) is 182 Å². The fourth-order valence-corrected chi connectivity index (χ4v) is 6.27. The minimum atomic E-state index is -4.80. The summed E-state index contributed by atoms with van der Waals surface area (Å²) < 4.78 is 42.9. The second kappa shape index (κ2) is 11.9. The number of benzene rings is 1. The molecule has 2 aliphatic heterocycles. The molecule has 0 bridgehead atoms. The number of alkyl halides is 3. The first-order valence-electron chi connectivity index (χ1n) is 14.3. The Labute approximate surface area is 264 Å². The van der Waals surface area contributed by atoms with Gasteiger partial charge in [-0.15, -0.1) is 0 Å². The van der Waals surface area contributed by atoms with E-state index in [1.54, 1.807) is 11.0 Å². The number of aromatic nitrogens is 4. The van der Waals surface area contributed by atoms with Crippen LogP contribution in [-0.4, -0.2) is 91.6 Å². The van der Waals surface area contributed by atoms with E-state index < -0.39 is 36.3 Å². The summed E-state index contributed by atoms with van der Waals surface area (Å²) in [6.45, 7) is 1.49. The van der Waals surface area contributed by atoms with Gasteiger partial charge in [0.05, 0.1) is 46.3 Å². The van der Waals surface area contributed by atoms with Crippen molar-refractivity contribution in [2.24, 2.45) is 18.9 Å². The smallest absolute Gasteiger partial charge is 0.390 e. The molecule has 1 aromatic carbocycles. The molecule has 0 spiro atoms. The van der Waals surface area contributed by atoms with Gasteiger partial charge >= 0.3 is 12.2 Å². The number of likely N-dealkylation sites (tertiary alicyclic amines) is 1. The van der Waals surface area contributed by atoms with Crippen molar-refractivity contribution >= 4 is 35.1 Å². The number of rotatable bonds is 7. The fourth-order valence-electron chi connectivity index (χ4n) is 6.00.